The van der Waals surface area contributed by atoms with Crippen LogP contribution in [0.1, 0.15) is 0 Å². The lowest BCUT2D eigenvalue weighted by atomic mass is 10.3. The molecule has 0 unspecified atom stereocenters. The third kappa shape index (κ3) is 5.79. The van der Waals surface area contributed by atoms with Gasteiger partial charge in [-0.05, 0) is 48.5 Å². The summed E-state index contributed by atoms with van der Waals surface area (Å²) in [4.78, 5) is 12.5. The summed E-state index contributed by atoms with van der Waals surface area (Å²) in [6, 6.07) is 10.3. The van der Waals surface area contributed by atoms with E-state index in [1.165, 1.54) is 40.7 Å². The monoisotopic (exact) mass is 471 g/mol. The van der Waals surface area contributed by atoms with Crippen LogP contribution >= 0.6 is 0 Å². The summed E-state index contributed by atoms with van der Waals surface area (Å²) in [5.41, 5.74) is 0.449. The van der Waals surface area contributed by atoms with Gasteiger partial charge in [0.1, 0.15) is 12.4 Å². The lowest BCUT2D eigenvalue weighted by molar-refractivity contribution is -0.114. The van der Waals surface area contributed by atoms with Crippen molar-refractivity contribution >= 4 is 37.3 Å². The maximum atomic E-state index is 13.1. The van der Waals surface area contributed by atoms with Crippen LogP contribution in [0.3, 0.4) is 0 Å². The maximum absolute atomic E-state index is 13.1. The lowest BCUT2D eigenvalue weighted by Gasteiger charge is -2.26. The molecule has 1 fully saturated rings. The van der Waals surface area contributed by atoms with Crippen LogP contribution in [-0.2, 0) is 29.6 Å². The number of hydrogen-bond acceptors (Lipinski definition) is 6. The summed E-state index contributed by atoms with van der Waals surface area (Å²) < 4.78 is 69.9. The van der Waals surface area contributed by atoms with Gasteiger partial charge in [0.2, 0.25) is 26.0 Å². The van der Waals surface area contributed by atoms with E-state index in [9.17, 15) is 26.0 Å². The van der Waals surface area contributed by atoms with Crippen molar-refractivity contribution in [2.75, 3.05) is 48.7 Å². The molecule has 1 amide bonds. The zero-order valence-electron chi connectivity index (χ0n) is 16.7. The third-order valence-electron chi connectivity index (χ3n) is 4.55. The van der Waals surface area contributed by atoms with Crippen LogP contribution in [0.15, 0.2) is 53.4 Å². The Morgan fingerprint density at radius 2 is 1.61 bits per heavy atom. The highest BCUT2D eigenvalue weighted by atomic mass is 32.2. The zero-order chi connectivity index (χ0) is 22.6. The van der Waals surface area contributed by atoms with Crippen LogP contribution < -0.4 is 9.62 Å². The molecular formula is C19H22FN3O6S2. The molecule has 3 rings (SSSR count). The van der Waals surface area contributed by atoms with Gasteiger partial charge in [-0.15, -0.1) is 0 Å². The molecule has 1 aliphatic rings. The first-order valence-corrected chi connectivity index (χ1v) is 12.6. The Kier molecular flexibility index (Phi) is 6.94. The van der Waals surface area contributed by atoms with Crippen LogP contribution in [0.25, 0.3) is 0 Å². The van der Waals surface area contributed by atoms with Gasteiger partial charge in [0.05, 0.1) is 30.1 Å². The molecule has 168 valence electrons. The molecule has 0 aliphatic carbocycles. The fraction of sp³-hybridized carbons (Fsp3) is 0.316. The highest BCUT2D eigenvalue weighted by molar-refractivity contribution is 7.92. The largest absolute Gasteiger partial charge is 0.379 e. The first kappa shape index (κ1) is 23.1. The fourth-order valence-corrected chi connectivity index (χ4v) is 5.25. The molecule has 12 heteroatoms. The fourth-order valence-electron chi connectivity index (χ4n) is 2.98. The number of rotatable bonds is 7. The van der Waals surface area contributed by atoms with Gasteiger partial charge in [0.25, 0.3) is 0 Å². The topological polar surface area (TPSA) is 113 Å². The molecule has 1 saturated heterocycles. The number of benzene rings is 2. The van der Waals surface area contributed by atoms with E-state index in [0.29, 0.717) is 18.9 Å². The molecule has 0 spiro atoms. The number of hydrogen-bond donors (Lipinski definition) is 1. The van der Waals surface area contributed by atoms with Gasteiger partial charge in [-0.1, -0.05) is 0 Å². The van der Waals surface area contributed by atoms with E-state index in [0.717, 1.165) is 22.7 Å². The van der Waals surface area contributed by atoms with Crippen molar-refractivity contribution in [1.82, 2.24) is 4.31 Å². The molecule has 1 heterocycles. The van der Waals surface area contributed by atoms with Gasteiger partial charge in [0, 0.05) is 18.8 Å². The van der Waals surface area contributed by atoms with Crippen molar-refractivity contribution in [3.8, 4) is 0 Å². The van der Waals surface area contributed by atoms with Crippen LogP contribution in [0, 0.1) is 5.82 Å². The number of sulfonamides is 2. The van der Waals surface area contributed by atoms with E-state index in [1.807, 2.05) is 0 Å². The molecule has 2 aromatic rings. The highest BCUT2D eigenvalue weighted by Gasteiger charge is 2.26. The third-order valence-corrected chi connectivity index (χ3v) is 7.60. The van der Waals surface area contributed by atoms with Gasteiger partial charge >= 0.3 is 0 Å². The molecule has 31 heavy (non-hydrogen) atoms. The second kappa shape index (κ2) is 9.30. The first-order valence-electron chi connectivity index (χ1n) is 9.28. The number of halogens is 1. The number of amides is 1. The summed E-state index contributed by atoms with van der Waals surface area (Å²) >= 11 is 0. The minimum atomic E-state index is -3.80. The average molecular weight is 472 g/mol. The van der Waals surface area contributed by atoms with Crippen LogP contribution in [0.4, 0.5) is 15.8 Å². The Hall–Kier alpha value is -2.54. The molecular weight excluding hydrogens is 449 g/mol. The summed E-state index contributed by atoms with van der Waals surface area (Å²) in [6.07, 6.45) is 0.939. The van der Waals surface area contributed by atoms with Gasteiger partial charge in [-0.3, -0.25) is 9.10 Å². The van der Waals surface area contributed by atoms with E-state index in [4.69, 9.17) is 4.74 Å². The maximum Gasteiger partial charge on any atom is 0.245 e. The summed E-state index contributed by atoms with van der Waals surface area (Å²) in [5, 5.41) is 2.54. The minimum Gasteiger partial charge on any atom is -0.379 e. The van der Waals surface area contributed by atoms with E-state index in [1.54, 1.807) is 0 Å². The van der Waals surface area contributed by atoms with Crippen LogP contribution in [0.5, 0.6) is 0 Å². The SMILES string of the molecule is CS(=O)(=O)N(CC(=O)Nc1ccc(S(=O)(=O)N2CCOCC2)cc1)c1ccc(F)cc1. The molecule has 2 aromatic carbocycles. The lowest BCUT2D eigenvalue weighted by Crippen LogP contribution is -2.40. The Bertz CT molecular complexity index is 1130. The minimum absolute atomic E-state index is 0.0801. The van der Waals surface area contributed by atoms with Crippen molar-refractivity contribution in [3.05, 3.63) is 54.3 Å². The Morgan fingerprint density at radius 3 is 2.16 bits per heavy atom. The van der Waals surface area contributed by atoms with Crippen LogP contribution in [0.2, 0.25) is 0 Å². The smallest absolute Gasteiger partial charge is 0.245 e. The molecule has 1 N–H and O–H groups in total. The second-order valence-corrected chi connectivity index (χ2v) is 10.7. The van der Waals surface area contributed by atoms with E-state index >= 15 is 0 Å². The van der Waals surface area contributed by atoms with E-state index in [2.05, 4.69) is 5.32 Å². The molecule has 1 aliphatic heterocycles. The highest BCUT2D eigenvalue weighted by Crippen LogP contribution is 2.21. The van der Waals surface area contributed by atoms with Crippen LogP contribution in [-0.4, -0.2) is 66.2 Å². The standard InChI is InChI=1S/C19H22FN3O6S2/c1-30(25,26)23(17-6-2-15(20)3-7-17)14-19(24)21-16-4-8-18(9-5-16)31(27,28)22-10-12-29-13-11-22/h2-9H,10-14H2,1H3,(H,21,24). The van der Waals surface area contributed by atoms with E-state index in [-0.39, 0.29) is 23.7 Å². The zero-order valence-corrected chi connectivity index (χ0v) is 18.3. The van der Waals surface area contributed by atoms with Crippen molar-refractivity contribution in [2.24, 2.45) is 0 Å². The normalized spacial score (nSPS) is 15.4. The first-order chi connectivity index (χ1) is 14.6. The summed E-state index contributed by atoms with van der Waals surface area (Å²) in [6.45, 7) is 0.673. The quantitative estimate of drug-likeness (QED) is 0.650. The van der Waals surface area contributed by atoms with Gasteiger partial charge in [-0.2, -0.15) is 4.31 Å². The predicted molar refractivity (Wildman–Crippen MR) is 113 cm³/mol. The summed E-state index contributed by atoms with van der Waals surface area (Å²) in [5.74, 6) is -1.17. The molecule has 0 atom stereocenters. The number of carbonyl (C=O) groups is 1. The molecule has 0 saturated carbocycles. The van der Waals surface area contributed by atoms with E-state index < -0.39 is 38.3 Å². The Morgan fingerprint density at radius 1 is 1.03 bits per heavy atom. The number of nitrogens with zero attached hydrogens (tertiary/aromatic N) is 2. The Balaban J connectivity index is 1.70. The van der Waals surface area contributed by atoms with Gasteiger partial charge < -0.3 is 10.1 Å². The molecule has 9 nitrogen and oxygen atoms in total. The average Bonchev–Trinajstić information content (AvgIpc) is 2.73. The molecule has 0 aromatic heterocycles. The Labute approximate surface area is 180 Å². The van der Waals surface area contributed by atoms with Crippen molar-refractivity contribution in [3.63, 3.8) is 0 Å². The number of anilines is 2. The number of morpholine rings is 1. The molecule has 0 radical (unpaired) electrons. The van der Waals surface area contributed by atoms with Gasteiger partial charge in [0.15, 0.2) is 0 Å². The predicted octanol–water partition coefficient (Wildman–Crippen LogP) is 1.25. The number of nitrogens with one attached hydrogen (secondary N) is 1. The van der Waals surface area contributed by atoms with Crippen molar-refractivity contribution in [2.45, 2.75) is 4.90 Å². The number of ether oxygens (including phenoxy) is 1. The van der Waals surface area contributed by atoms with Gasteiger partial charge in [-0.25, -0.2) is 21.2 Å². The van der Waals surface area contributed by atoms with Crippen molar-refractivity contribution < 1.29 is 30.8 Å². The number of carbonyl (C=O) groups excluding carboxylic acids is 1. The second-order valence-electron chi connectivity index (χ2n) is 6.84. The summed E-state index contributed by atoms with van der Waals surface area (Å²) in [7, 11) is -7.46. The van der Waals surface area contributed by atoms with Crippen molar-refractivity contribution in [1.29, 1.82) is 0 Å². The molecule has 0 bridgehead atoms.